The number of aliphatic hydroxyl groups is 1. The van der Waals surface area contributed by atoms with Gasteiger partial charge in [-0.3, -0.25) is 4.57 Å². The molecule has 0 bridgehead atoms. The van der Waals surface area contributed by atoms with Crippen molar-refractivity contribution in [3.05, 3.63) is 80.7 Å². The van der Waals surface area contributed by atoms with Crippen molar-refractivity contribution in [2.45, 2.75) is 26.6 Å². The lowest BCUT2D eigenvalue weighted by atomic mass is 9.90. The molecule has 0 spiro atoms. The van der Waals surface area contributed by atoms with Gasteiger partial charge in [0.05, 0.1) is 13.2 Å². The summed E-state index contributed by atoms with van der Waals surface area (Å²) in [5.41, 5.74) is 0.269. The second-order valence-electron chi connectivity index (χ2n) is 7.90. The molecule has 1 aromatic heterocycles. The van der Waals surface area contributed by atoms with E-state index in [4.69, 9.17) is 0 Å². The topological polar surface area (TPSA) is 71.2 Å². The highest BCUT2D eigenvalue weighted by Gasteiger charge is 2.29. The summed E-state index contributed by atoms with van der Waals surface area (Å²) in [5, 5.41) is 9.90. The molecule has 182 valence electrons. The molecule has 11 heteroatoms. The van der Waals surface area contributed by atoms with Gasteiger partial charge in [0.1, 0.15) is 11.6 Å². The molecular weight excluding hydrogens is 472 g/mol. The monoisotopic (exact) mass is 496 g/mol. The van der Waals surface area contributed by atoms with E-state index < -0.39 is 17.4 Å². The highest BCUT2D eigenvalue weighted by atomic mass is 32.1. The summed E-state index contributed by atoms with van der Waals surface area (Å²) in [6.45, 7) is 3.03. The van der Waals surface area contributed by atoms with E-state index >= 15 is 0 Å². The molecule has 0 amide bonds. The number of thiol groups is 1. The van der Waals surface area contributed by atoms with Crippen LogP contribution in [-0.4, -0.2) is 45.5 Å². The summed E-state index contributed by atoms with van der Waals surface area (Å²) in [6, 6.07) is 6.01. The van der Waals surface area contributed by atoms with E-state index in [2.05, 4.69) is 22.6 Å². The first-order chi connectivity index (χ1) is 16.0. The summed E-state index contributed by atoms with van der Waals surface area (Å²) < 4.78 is 52.3. The Morgan fingerprint density at radius 1 is 1.24 bits per heavy atom. The van der Waals surface area contributed by atoms with Gasteiger partial charge < -0.3 is 10.0 Å². The average Bonchev–Trinajstić information content (AvgIpc) is 2.79. The van der Waals surface area contributed by atoms with Gasteiger partial charge in [-0.2, -0.15) is 23.1 Å². The van der Waals surface area contributed by atoms with Gasteiger partial charge in [-0.25, -0.2) is 9.18 Å². The first-order valence-corrected chi connectivity index (χ1v) is 10.8. The number of rotatable bonds is 6. The van der Waals surface area contributed by atoms with Gasteiger partial charge in [-0.05, 0) is 37.1 Å². The summed E-state index contributed by atoms with van der Waals surface area (Å²) >= 11 is 4.17. The SMILES string of the molecule is C/C(=C\C=C(/S)Cn1c(C)nc(N2CC=C(c3ccc(F)cc3)C(CO)C2)nc1=O)C(F)(F)F. The van der Waals surface area contributed by atoms with Gasteiger partial charge in [0.15, 0.2) is 0 Å². The van der Waals surface area contributed by atoms with Crippen LogP contribution in [0.1, 0.15) is 18.3 Å². The quantitative estimate of drug-likeness (QED) is 0.361. The number of aryl methyl sites for hydroxylation is 1. The number of hydrogen-bond donors (Lipinski definition) is 2. The summed E-state index contributed by atoms with van der Waals surface area (Å²) in [5.74, 6) is -0.136. The minimum atomic E-state index is -4.44. The fourth-order valence-corrected chi connectivity index (χ4v) is 3.71. The zero-order valence-corrected chi connectivity index (χ0v) is 19.4. The van der Waals surface area contributed by atoms with Crippen LogP contribution < -0.4 is 10.6 Å². The molecule has 1 atom stereocenters. The number of hydrogen-bond acceptors (Lipinski definition) is 6. The molecule has 0 saturated carbocycles. The van der Waals surface area contributed by atoms with Gasteiger partial charge in [-0.15, -0.1) is 12.6 Å². The highest BCUT2D eigenvalue weighted by molar-refractivity contribution is 7.84. The number of allylic oxidation sites excluding steroid dienone is 4. The van der Waals surface area contributed by atoms with Crippen molar-refractivity contribution in [1.82, 2.24) is 14.5 Å². The van der Waals surface area contributed by atoms with Gasteiger partial charge in [0, 0.05) is 29.5 Å². The van der Waals surface area contributed by atoms with Crippen LogP contribution in [0.2, 0.25) is 0 Å². The number of alkyl halides is 3. The van der Waals surface area contributed by atoms with E-state index in [1.165, 1.54) is 22.8 Å². The maximum absolute atomic E-state index is 13.2. The van der Waals surface area contributed by atoms with Crippen molar-refractivity contribution >= 4 is 24.2 Å². The second-order valence-corrected chi connectivity index (χ2v) is 8.47. The minimum Gasteiger partial charge on any atom is -0.396 e. The van der Waals surface area contributed by atoms with Crippen molar-refractivity contribution in [3.63, 3.8) is 0 Å². The summed E-state index contributed by atoms with van der Waals surface area (Å²) in [7, 11) is 0. The molecule has 1 aromatic carbocycles. The van der Waals surface area contributed by atoms with E-state index in [-0.39, 0.29) is 35.7 Å². The van der Waals surface area contributed by atoms with Crippen molar-refractivity contribution in [2.24, 2.45) is 5.92 Å². The Balaban J connectivity index is 1.81. The van der Waals surface area contributed by atoms with Crippen LogP contribution in [0.4, 0.5) is 23.5 Å². The smallest absolute Gasteiger partial charge is 0.396 e. The van der Waals surface area contributed by atoms with Crippen LogP contribution in [0.5, 0.6) is 0 Å². The Labute approximate surface area is 199 Å². The summed E-state index contributed by atoms with van der Waals surface area (Å²) in [6.07, 6.45) is -0.477. The van der Waals surface area contributed by atoms with Crippen LogP contribution in [0.25, 0.3) is 5.57 Å². The van der Waals surface area contributed by atoms with E-state index in [0.29, 0.717) is 18.9 Å². The van der Waals surface area contributed by atoms with Crippen LogP contribution in [0, 0.1) is 18.7 Å². The predicted molar refractivity (Wildman–Crippen MR) is 125 cm³/mol. The van der Waals surface area contributed by atoms with Crippen LogP contribution in [0.15, 0.2) is 57.8 Å². The standard InChI is InChI=1S/C23H24F4N4O2S/c1-14(23(25,26)27)3-8-19(34)12-31-15(2)28-21(29-22(31)33)30-10-9-20(17(11-30)13-32)16-4-6-18(24)7-5-16/h3-9,17,32,34H,10-13H2,1-2H3/b14-3+,19-8-. The minimum absolute atomic E-state index is 0.0798. The Morgan fingerprint density at radius 2 is 1.91 bits per heavy atom. The lowest BCUT2D eigenvalue weighted by molar-refractivity contribution is -0.0913. The van der Waals surface area contributed by atoms with E-state index in [0.717, 1.165) is 24.1 Å². The Hall–Kier alpha value is -2.92. The molecule has 1 aliphatic rings. The summed E-state index contributed by atoms with van der Waals surface area (Å²) in [4.78, 5) is 23.0. The zero-order chi connectivity index (χ0) is 25.0. The predicted octanol–water partition coefficient (Wildman–Crippen LogP) is 3.92. The largest absolute Gasteiger partial charge is 0.412 e. The van der Waals surface area contributed by atoms with Crippen LogP contribution >= 0.6 is 12.6 Å². The first-order valence-electron chi connectivity index (χ1n) is 10.4. The fourth-order valence-electron chi connectivity index (χ4n) is 3.50. The van der Waals surface area contributed by atoms with Crippen LogP contribution in [0.3, 0.4) is 0 Å². The number of nitrogens with zero attached hydrogens (tertiary/aromatic N) is 4. The third kappa shape index (κ3) is 6.15. The normalized spacial score (nSPS) is 17.7. The molecule has 1 N–H and O–H groups in total. The molecule has 0 saturated heterocycles. The molecule has 2 aromatic rings. The third-order valence-electron chi connectivity index (χ3n) is 5.46. The molecule has 6 nitrogen and oxygen atoms in total. The zero-order valence-electron chi connectivity index (χ0n) is 18.6. The lowest BCUT2D eigenvalue weighted by Crippen LogP contribution is -2.39. The van der Waals surface area contributed by atoms with Gasteiger partial charge >= 0.3 is 11.9 Å². The molecule has 3 rings (SSSR count). The number of aliphatic hydroxyl groups excluding tert-OH is 1. The lowest BCUT2D eigenvalue weighted by Gasteiger charge is -2.32. The van der Waals surface area contributed by atoms with Crippen molar-refractivity contribution in [2.75, 3.05) is 24.6 Å². The van der Waals surface area contributed by atoms with E-state index in [9.17, 15) is 27.5 Å². The highest BCUT2D eigenvalue weighted by Crippen LogP contribution is 2.29. The molecule has 1 aliphatic heterocycles. The fraction of sp³-hybridized carbons (Fsp3) is 0.348. The first kappa shape index (κ1) is 25.7. The maximum atomic E-state index is 13.2. The molecular formula is C23H24F4N4O2S. The van der Waals surface area contributed by atoms with Crippen molar-refractivity contribution in [3.8, 4) is 0 Å². The molecule has 34 heavy (non-hydrogen) atoms. The number of halogens is 4. The number of aromatic nitrogens is 3. The number of anilines is 1. The van der Waals surface area contributed by atoms with Crippen molar-refractivity contribution < 1.29 is 22.7 Å². The van der Waals surface area contributed by atoms with E-state index in [1.807, 2.05) is 6.08 Å². The number of benzene rings is 1. The van der Waals surface area contributed by atoms with Gasteiger partial charge in [0.25, 0.3) is 0 Å². The Bertz CT molecular complexity index is 1190. The van der Waals surface area contributed by atoms with Crippen molar-refractivity contribution in [1.29, 1.82) is 0 Å². The third-order valence-corrected chi connectivity index (χ3v) is 5.76. The molecule has 1 unspecified atom stereocenters. The van der Waals surface area contributed by atoms with Gasteiger partial charge in [0.2, 0.25) is 5.95 Å². The average molecular weight is 497 g/mol. The Kier molecular flexibility index (Phi) is 7.98. The van der Waals surface area contributed by atoms with E-state index in [1.54, 1.807) is 24.0 Å². The van der Waals surface area contributed by atoms with Crippen LogP contribution in [-0.2, 0) is 6.54 Å². The molecule has 0 fully saturated rings. The second kappa shape index (κ2) is 10.6. The maximum Gasteiger partial charge on any atom is 0.412 e. The molecule has 2 heterocycles. The van der Waals surface area contributed by atoms with Gasteiger partial charge in [-0.1, -0.05) is 30.4 Å². The molecule has 0 radical (unpaired) electrons. The Morgan fingerprint density at radius 3 is 2.50 bits per heavy atom. The molecule has 0 aliphatic carbocycles.